The van der Waals surface area contributed by atoms with Crippen LogP contribution in [0, 0.1) is 0 Å². The molecule has 0 aromatic heterocycles. The maximum Gasteiger partial charge on any atom is 0.271 e. The van der Waals surface area contributed by atoms with Gasteiger partial charge in [-0.3, -0.25) is 14.4 Å². The van der Waals surface area contributed by atoms with Crippen LogP contribution >= 0.6 is 0 Å². The van der Waals surface area contributed by atoms with Crippen LogP contribution in [0.5, 0.6) is 11.5 Å². The predicted molar refractivity (Wildman–Crippen MR) is 108 cm³/mol. The van der Waals surface area contributed by atoms with Gasteiger partial charge in [-0.1, -0.05) is 0 Å². The van der Waals surface area contributed by atoms with E-state index in [1.807, 2.05) is 0 Å². The lowest BCUT2D eigenvalue weighted by atomic mass is 10.2. The molecule has 0 unspecified atom stereocenters. The number of primary amides is 1. The first-order chi connectivity index (χ1) is 13.8. The second kappa shape index (κ2) is 9.88. The zero-order valence-electron chi connectivity index (χ0n) is 16.3. The third kappa shape index (κ3) is 6.35. The first kappa shape index (κ1) is 21.4. The summed E-state index contributed by atoms with van der Waals surface area (Å²) in [5.74, 6) is -0.400. The van der Waals surface area contributed by atoms with E-state index in [0.29, 0.717) is 34.0 Å². The number of carbonyl (C=O) groups excluding carboxylic acids is 3. The van der Waals surface area contributed by atoms with Crippen LogP contribution < -0.4 is 25.9 Å². The van der Waals surface area contributed by atoms with Crippen molar-refractivity contribution < 1.29 is 23.9 Å². The average molecular weight is 398 g/mol. The number of hydrazone groups is 1. The fraction of sp³-hybridized carbons (Fsp3) is 0.200. The first-order valence-corrected chi connectivity index (χ1v) is 8.58. The van der Waals surface area contributed by atoms with Crippen LogP contribution in [0.3, 0.4) is 0 Å². The summed E-state index contributed by atoms with van der Waals surface area (Å²) in [5.41, 5.74) is 9.13. The van der Waals surface area contributed by atoms with Crippen molar-refractivity contribution in [1.82, 2.24) is 5.43 Å². The molecule has 29 heavy (non-hydrogen) atoms. The van der Waals surface area contributed by atoms with E-state index >= 15 is 0 Å². The highest BCUT2D eigenvalue weighted by molar-refractivity contribution is 6.06. The minimum Gasteiger partial charge on any atom is -0.497 e. The highest BCUT2D eigenvalue weighted by Gasteiger charge is 2.10. The molecule has 0 atom stereocenters. The number of rotatable bonds is 8. The van der Waals surface area contributed by atoms with Crippen molar-refractivity contribution in [1.29, 1.82) is 0 Å². The molecule has 0 aliphatic carbocycles. The van der Waals surface area contributed by atoms with Gasteiger partial charge in [0.25, 0.3) is 5.91 Å². The van der Waals surface area contributed by atoms with Crippen LogP contribution in [-0.2, 0) is 4.79 Å². The summed E-state index contributed by atoms with van der Waals surface area (Å²) in [7, 11) is 2.97. The van der Waals surface area contributed by atoms with Crippen molar-refractivity contribution in [3.8, 4) is 11.5 Å². The number of amides is 3. The van der Waals surface area contributed by atoms with Gasteiger partial charge in [-0.15, -0.1) is 0 Å². The second-order valence-corrected chi connectivity index (χ2v) is 6.06. The third-order valence-electron chi connectivity index (χ3n) is 3.83. The van der Waals surface area contributed by atoms with Gasteiger partial charge in [-0.25, -0.2) is 5.43 Å². The maximum atomic E-state index is 12.3. The second-order valence-electron chi connectivity index (χ2n) is 6.06. The van der Waals surface area contributed by atoms with E-state index in [2.05, 4.69) is 15.8 Å². The summed E-state index contributed by atoms with van der Waals surface area (Å²) in [6, 6.07) is 10.9. The Bertz CT molecular complexity index is 916. The Balaban J connectivity index is 1.94. The van der Waals surface area contributed by atoms with Gasteiger partial charge in [0.15, 0.2) is 0 Å². The van der Waals surface area contributed by atoms with E-state index < -0.39 is 11.8 Å². The van der Waals surface area contributed by atoms with Crippen molar-refractivity contribution in [3.63, 3.8) is 0 Å². The Labute approximate surface area is 167 Å². The van der Waals surface area contributed by atoms with Crippen molar-refractivity contribution in [2.45, 2.75) is 13.3 Å². The Kier molecular flexibility index (Phi) is 7.30. The number of ether oxygens (including phenoxy) is 2. The first-order valence-electron chi connectivity index (χ1n) is 8.58. The molecule has 0 heterocycles. The average Bonchev–Trinajstić information content (AvgIpc) is 2.71. The van der Waals surface area contributed by atoms with E-state index in [4.69, 9.17) is 15.2 Å². The number of methoxy groups -OCH3 is 2. The van der Waals surface area contributed by atoms with Crippen LogP contribution in [0.2, 0.25) is 0 Å². The fourth-order valence-corrected chi connectivity index (χ4v) is 2.34. The summed E-state index contributed by atoms with van der Waals surface area (Å²) >= 11 is 0. The zero-order valence-corrected chi connectivity index (χ0v) is 16.3. The van der Waals surface area contributed by atoms with Gasteiger partial charge in [0.2, 0.25) is 11.8 Å². The molecule has 0 saturated heterocycles. The van der Waals surface area contributed by atoms with Crippen molar-refractivity contribution in [2.75, 3.05) is 19.5 Å². The minimum absolute atomic E-state index is 0.0285. The Morgan fingerprint density at radius 2 is 1.55 bits per heavy atom. The molecule has 0 saturated carbocycles. The number of carbonyl (C=O) groups is 3. The molecule has 152 valence electrons. The van der Waals surface area contributed by atoms with Gasteiger partial charge in [0.05, 0.1) is 20.6 Å². The van der Waals surface area contributed by atoms with Gasteiger partial charge in [0.1, 0.15) is 11.5 Å². The van der Waals surface area contributed by atoms with Gasteiger partial charge in [-0.05, 0) is 43.3 Å². The number of hydrogen-bond donors (Lipinski definition) is 3. The molecule has 9 heteroatoms. The molecule has 0 aliphatic heterocycles. The number of nitrogens with two attached hydrogens (primary N) is 1. The van der Waals surface area contributed by atoms with Crippen LogP contribution in [0.4, 0.5) is 5.69 Å². The minimum atomic E-state index is -0.546. The summed E-state index contributed by atoms with van der Waals surface area (Å²) in [4.78, 5) is 35.4. The maximum absolute atomic E-state index is 12.3. The van der Waals surface area contributed by atoms with Crippen molar-refractivity contribution >= 4 is 29.1 Å². The largest absolute Gasteiger partial charge is 0.497 e. The highest BCUT2D eigenvalue weighted by Crippen LogP contribution is 2.22. The number of hydrogen-bond acceptors (Lipinski definition) is 6. The van der Waals surface area contributed by atoms with E-state index in [1.165, 1.54) is 26.4 Å². The molecule has 9 nitrogen and oxygen atoms in total. The van der Waals surface area contributed by atoms with Crippen LogP contribution in [-0.4, -0.2) is 37.7 Å². The fourth-order valence-electron chi connectivity index (χ4n) is 2.34. The molecule has 3 amide bonds. The summed E-state index contributed by atoms with van der Waals surface area (Å²) in [5, 5.41) is 6.61. The number of anilines is 1. The smallest absolute Gasteiger partial charge is 0.271 e. The number of nitrogens with zero attached hydrogens (tertiary/aromatic N) is 1. The quantitative estimate of drug-likeness (QED) is 0.462. The lowest BCUT2D eigenvalue weighted by molar-refractivity contribution is -0.115. The van der Waals surface area contributed by atoms with E-state index in [-0.39, 0.29) is 12.3 Å². The highest BCUT2D eigenvalue weighted by atomic mass is 16.5. The van der Waals surface area contributed by atoms with Gasteiger partial charge in [-0.2, -0.15) is 5.10 Å². The van der Waals surface area contributed by atoms with E-state index in [9.17, 15) is 14.4 Å². The van der Waals surface area contributed by atoms with Crippen LogP contribution in [0.1, 0.15) is 34.1 Å². The lowest BCUT2D eigenvalue weighted by Gasteiger charge is -2.08. The monoisotopic (exact) mass is 398 g/mol. The molecule has 2 rings (SSSR count). The summed E-state index contributed by atoms with van der Waals surface area (Å²) in [6.45, 7) is 1.61. The molecule has 2 aromatic carbocycles. The predicted octanol–water partition coefficient (Wildman–Crippen LogP) is 1.94. The molecular weight excluding hydrogens is 376 g/mol. The van der Waals surface area contributed by atoms with Crippen LogP contribution in [0.15, 0.2) is 47.6 Å². The van der Waals surface area contributed by atoms with Crippen LogP contribution in [0.25, 0.3) is 0 Å². The normalized spacial score (nSPS) is 10.8. The third-order valence-corrected chi connectivity index (χ3v) is 3.83. The number of nitrogens with one attached hydrogen (secondary N) is 2. The molecule has 4 N–H and O–H groups in total. The van der Waals surface area contributed by atoms with Crippen molar-refractivity contribution in [3.05, 3.63) is 53.6 Å². The number of benzene rings is 2. The van der Waals surface area contributed by atoms with E-state index in [0.717, 1.165) is 0 Å². The van der Waals surface area contributed by atoms with Crippen molar-refractivity contribution in [2.24, 2.45) is 10.8 Å². The molecule has 0 radical (unpaired) electrons. The van der Waals surface area contributed by atoms with Gasteiger partial charge < -0.3 is 20.5 Å². The van der Waals surface area contributed by atoms with E-state index in [1.54, 1.807) is 37.3 Å². The zero-order chi connectivity index (χ0) is 21.4. The molecule has 0 fully saturated rings. The summed E-state index contributed by atoms with van der Waals surface area (Å²) < 4.78 is 10.3. The standard InChI is InChI=1S/C20H22N4O5/c1-12(8-18(25)22-15-6-4-13(5-7-15)19(21)26)23-24-20(27)14-9-16(28-2)11-17(10-14)29-3/h4-7,9-11H,8H2,1-3H3,(H2,21,26)(H,22,25)(H,24,27)/b23-12+. The SMILES string of the molecule is COc1cc(OC)cc(C(=O)N/N=C(\C)CC(=O)Nc2ccc(C(N)=O)cc2)c1. The molecule has 0 spiro atoms. The molecule has 0 bridgehead atoms. The Hall–Kier alpha value is -3.88. The molecular formula is C20H22N4O5. The van der Waals surface area contributed by atoms with Gasteiger partial charge >= 0.3 is 0 Å². The topological polar surface area (TPSA) is 132 Å². The Morgan fingerprint density at radius 1 is 0.966 bits per heavy atom. The molecule has 0 aliphatic rings. The summed E-state index contributed by atoms with van der Waals surface area (Å²) in [6.07, 6.45) is -0.0285. The molecule has 2 aromatic rings. The lowest BCUT2D eigenvalue weighted by Crippen LogP contribution is -2.21. The van der Waals surface area contributed by atoms with Gasteiger partial charge in [0, 0.05) is 28.6 Å². The Morgan fingerprint density at radius 3 is 2.07 bits per heavy atom.